The van der Waals surface area contributed by atoms with Crippen molar-refractivity contribution in [1.82, 2.24) is 0 Å². The molecule has 0 saturated heterocycles. The number of ether oxygens (including phenoxy) is 1. The second-order valence-corrected chi connectivity index (χ2v) is 7.21. The van der Waals surface area contributed by atoms with E-state index in [1.807, 2.05) is 0 Å². The SMILES string of the molecule is COc1ccc(Cl)cc1CS[C@H](C)C(=O)Nc1ccccc1C(F)(F)F. The zero-order valence-electron chi connectivity index (χ0n) is 14.1. The smallest absolute Gasteiger partial charge is 0.418 e. The number of amides is 1. The Kier molecular flexibility index (Phi) is 6.83. The van der Waals surface area contributed by atoms with Gasteiger partial charge in [-0.15, -0.1) is 11.8 Å². The van der Waals surface area contributed by atoms with Gasteiger partial charge in [0.2, 0.25) is 5.91 Å². The van der Waals surface area contributed by atoms with Crippen LogP contribution in [0.3, 0.4) is 0 Å². The van der Waals surface area contributed by atoms with Gasteiger partial charge >= 0.3 is 6.18 Å². The molecule has 1 atom stereocenters. The normalized spacial score (nSPS) is 12.5. The Labute approximate surface area is 158 Å². The molecule has 140 valence electrons. The molecule has 3 nitrogen and oxygen atoms in total. The third kappa shape index (κ3) is 5.32. The largest absolute Gasteiger partial charge is 0.496 e. The Balaban J connectivity index is 2.04. The summed E-state index contributed by atoms with van der Waals surface area (Å²) in [7, 11) is 1.53. The highest BCUT2D eigenvalue weighted by Crippen LogP contribution is 2.35. The van der Waals surface area contributed by atoms with Crippen molar-refractivity contribution in [1.29, 1.82) is 0 Å². The van der Waals surface area contributed by atoms with E-state index in [0.29, 0.717) is 16.5 Å². The number of hydrogen-bond donors (Lipinski definition) is 1. The Morgan fingerprint density at radius 2 is 1.96 bits per heavy atom. The number of carbonyl (C=O) groups is 1. The molecule has 0 unspecified atom stereocenters. The maximum atomic E-state index is 13.0. The maximum absolute atomic E-state index is 13.0. The third-order valence-corrected chi connectivity index (χ3v) is 5.02. The van der Waals surface area contributed by atoms with E-state index in [4.69, 9.17) is 16.3 Å². The van der Waals surface area contributed by atoms with E-state index >= 15 is 0 Å². The number of hydrogen-bond acceptors (Lipinski definition) is 3. The number of nitrogens with one attached hydrogen (secondary N) is 1. The second-order valence-electron chi connectivity index (χ2n) is 5.44. The van der Waals surface area contributed by atoms with Crippen molar-refractivity contribution >= 4 is 35.0 Å². The lowest BCUT2D eigenvalue weighted by Gasteiger charge is -2.16. The van der Waals surface area contributed by atoms with E-state index in [2.05, 4.69) is 5.32 Å². The molecule has 2 aromatic carbocycles. The molecule has 2 aromatic rings. The molecule has 0 radical (unpaired) electrons. The van der Waals surface area contributed by atoms with Crippen LogP contribution in [-0.4, -0.2) is 18.3 Å². The van der Waals surface area contributed by atoms with Gasteiger partial charge in [0.15, 0.2) is 0 Å². The van der Waals surface area contributed by atoms with E-state index in [-0.39, 0.29) is 5.69 Å². The van der Waals surface area contributed by atoms with E-state index in [9.17, 15) is 18.0 Å². The predicted octanol–water partition coefficient (Wildman–Crippen LogP) is 5.63. The topological polar surface area (TPSA) is 38.3 Å². The maximum Gasteiger partial charge on any atom is 0.418 e. The molecular weight excluding hydrogens is 387 g/mol. The molecular formula is C18H17ClF3NO2S. The molecule has 0 aliphatic rings. The predicted molar refractivity (Wildman–Crippen MR) is 98.8 cm³/mol. The van der Waals surface area contributed by atoms with Gasteiger partial charge in [0.05, 0.1) is 23.6 Å². The molecule has 0 fully saturated rings. The van der Waals surface area contributed by atoms with E-state index < -0.39 is 22.9 Å². The third-order valence-electron chi connectivity index (χ3n) is 3.59. The van der Waals surface area contributed by atoms with Crippen molar-refractivity contribution in [3.05, 3.63) is 58.6 Å². The van der Waals surface area contributed by atoms with E-state index in [1.54, 1.807) is 25.1 Å². The van der Waals surface area contributed by atoms with E-state index in [1.165, 1.54) is 37.1 Å². The molecule has 8 heteroatoms. The fourth-order valence-corrected chi connectivity index (χ4v) is 3.28. The number of para-hydroxylation sites is 1. The van der Waals surface area contributed by atoms with Gasteiger partial charge in [-0.25, -0.2) is 0 Å². The first kappa shape index (κ1) is 20.5. The fourth-order valence-electron chi connectivity index (χ4n) is 2.22. The van der Waals surface area contributed by atoms with Crippen molar-refractivity contribution in [2.45, 2.75) is 24.1 Å². The van der Waals surface area contributed by atoms with Crippen molar-refractivity contribution in [2.75, 3.05) is 12.4 Å². The number of methoxy groups -OCH3 is 1. The van der Waals surface area contributed by atoms with Gasteiger partial charge in [-0.3, -0.25) is 4.79 Å². The van der Waals surface area contributed by atoms with Crippen molar-refractivity contribution in [3.63, 3.8) is 0 Å². The van der Waals surface area contributed by atoms with Crippen LogP contribution < -0.4 is 10.1 Å². The Morgan fingerprint density at radius 3 is 2.62 bits per heavy atom. The summed E-state index contributed by atoms with van der Waals surface area (Å²) < 4.78 is 44.3. The lowest BCUT2D eigenvalue weighted by atomic mass is 10.1. The minimum atomic E-state index is -4.53. The Morgan fingerprint density at radius 1 is 1.27 bits per heavy atom. The minimum absolute atomic E-state index is 0.252. The first-order valence-electron chi connectivity index (χ1n) is 7.63. The summed E-state index contributed by atoms with van der Waals surface area (Å²) in [6.07, 6.45) is -4.53. The van der Waals surface area contributed by atoms with Crippen LogP contribution in [0.15, 0.2) is 42.5 Å². The average Bonchev–Trinajstić information content (AvgIpc) is 2.59. The number of benzene rings is 2. The van der Waals surface area contributed by atoms with Crippen LogP contribution in [0.4, 0.5) is 18.9 Å². The monoisotopic (exact) mass is 403 g/mol. The van der Waals surface area contributed by atoms with Crippen LogP contribution in [0.25, 0.3) is 0 Å². The summed E-state index contributed by atoms with van der Waals surface area (Å²) in [5.74, 6) is 0.559. The van der Waals surface area contributed by atoms with Crippen molar-refractivity contribution < 1.29 is 22.7 Å². The molecule has 2 rings (SSSR count). The van der Waals surface area contributed by atoms with Gasteiger partial charge in [0.25, 0.3) is 0 Å². The summed E-state index contributed by atoms with van der Waals surface area (Å²) in [5.41, 5.74) is -0.319. The van der Waals surface area contributed by atoms with Crippen molar-refractivity contribution in [2.24, 2.45) is 0 Å². The van der Waals surface area contributed by atoms with Crippen LogP contribution >= 0.6 is 23.4 Å². The summed E-state index contributed by atoms with van der Waals surface area (Å²) in [6.45, 7) is 1.63. The Bertz CT molecular complexity index is 783. The van der Waals surface area contributed by atoms with E-state index in [0.717, 1.165) is 11.6 Å². The molecule has 0 aliphatic heterocycles. The van der Waals surface area contributed by atoms with Gasteiger partial charge in [0.1, 0.15) is 5.75 Å². The highest BCUT2D eigenvalue weighted by atomic mass is 35.5. The molecule has 0 aliphatic carbocycles. The molecule has 0 saturated carbocycles. The standard InChI is InChI=1S/C18H17ClF3NO2S/c1-11(26-10-12-9-13(19)7-8-16(12)25-2)17(24)23-15-6-4-3-5-14(15)18(20,21)22/h3-9,11H,10H2,1-2H3,(H,23,24)/t11-/m1/s1. The van der Waals surface area contributed by atoms with Crippen molar-refractivity contribution in [3.8, 4) is 5.75 Å². The zero-order valence-corrected chi connectivity index (χ0v) is 15.6. The number of anilines is 1. The van der Waals surface area contributed by atoms with Crippen LogP contribution in [0.1, 0.15) is 18.1 Å². The Hall–Kier alpha value is -1.86. The number of rotatable bonds is 6. The average molecular weight is 404 g/mol. The fraction of sp³-hybridized carbons (Fsp3) is 0.278. The second kappa shape index (κ2) is 8.68. The molecule has 26 heavy (non-hydrogen) atoms. The van der Waals surface area contributed by atoms with Gasteiger partial charge in [-0.2, -0.15) is 13.2 Å². The summed E-state index contributed by atoms with van der Waals surface area (Å²) >= 11 is 7.24. The van der Waals surface area contributed by atoms with Gasteiger partial charge in [-0.05, 0) is 37.3 Å². The zero-order chi connectivity index (χ0) is 19.3. The quantitative estimate of drug-likeness (QED) is 0.679. The summed E-state index contributed by atoms with van der Waals surface area (Å²) in [5, 5.41) is 2.33. The lowest BCUT2D eigenvalue weighted by Crippen LogP contribution is -2.24. The molecule has 0 heterocycles. The lowest BCUT2D eigenvalue weighted by molar-refractivity contribution is -0.137. The number of alkyl halides is 3. The summed E-state index contributed by atoms with van der Waals surface area (Å²) in [6, 6.07) is 10.0. The first-order chi connectivity index (χ1) is 12.2. The molecule has 0 aromatic heterocycles. The molecule has 1 amide bonds. The van der Waals surface area contributed by atoms with Crippen LogP contribution in [0.5, 0.6) is 5.75 Å². The summed E-state index contributed by atoms with van der Waals surface area (Å²) in [4.78, 5) is 12.3. The van der Waals surface area contributed by atoms with Crippen LogP contribution in [0, 0.1) is 0 Å². The van der Waals surface area contributed by atoms with Crippen LogP contribution in [-0.2, 0) is 16.7 Å². The molecule has 0 spiro atoms. The highest BCUT2D eigenvalue weighted by molar-refractivity contribution is 7.99. The minimum Gasteiger partial charge on any atom is -0.496 e. The van der Waals surface area contributed by atoms with Crippen LogP contribution in [0.2, 0.25) is 5.02 Å². The molecule has 0 bridgehead atoms. The number of thioether (sulfide) groups is 1. The first-order valence-corrected chi connectivity index (χ1v) is 9.06. The van der Waals surface area contributed by atoms with Gasteiger partial charge < -0.3 is 10.1 Å². The number of carbonyl (C=O) groups excluding carboxylic acids is 1. The van der Waals surface area contributed by atoms with Gasteiger partial charge in [-0.1, -0.05) is 23.7 Å². The highest BCUT2D eigenvalue weighted by Gasteiger charge is 2.33. The number of halogens is 4. The molecule has 1 N–H and O–H groups in total. The van der Waals surface area contributed by atoms with Gasteiger partial charge in [0, 0.05) is 16.3 Å².